The topological polar surface area (TPSA) is 57.7 Å². The van der Waals surface area contributed by atoms with Gasteiger partial charge < -0.3 is 4.90 Å². The second kappa shape index (κ2) is 7.09. The van der Waals surface area contributed by atoms with E-state index >= 15 is 0 Å². The summed E-state index contributed by atoms with van der Waals surface area (Å²) in [5, 5.41) is 17.4. The molecule has 28 heavy (non-hydrogen) atoms. The molecule has 0 radical (unpaired) electrons. The highest BCUT2D eigenvalue weighted by Gasteiger charge is 2.24. The van der Waals surface area contributed by atoms with E-state index in [4.69, 9.17) is 11.6 Å². The van der Waals surface area contributed by atoms with Crippen LogP contribution < -0.4 is 4.90 Å². The molecule has 0 spiro atoms. The zero-order chi connectivity index (χ0) is 18.9. The number of benzene rings is 2. The highest BCUT2D eigenvalue weighted by Crippen LogP contribution is 2.31. The normalized spacial score (nSPS) is 13.4. The number of nitrogens with zero attached hydrogens (tertiary/aromatic N) is 4. The fourth-order valence-electron chi connectivity index (χ4n) is 3.62. The first-order valence-electron chi connectivity index (χ1n) is 9.24. The van der Waals surface area contributed by atoms with Crippen LogP contribution >= 0.6 is 11.6 Å². The van der Waals surface area contributed by atoms with Crippen molar-refractivity contribution >= 4 is 17.4 Å². The molecule has 0 aliphatic carbocycles. The van der Waals surface area contributed by atoms with Gasteiger partial charge in [0.05, 0.1) is 11.4 Å². The average molecular weight is 388 g/mol. The second-order valence-electron chi connectivity index (χ2n) is 6.85. The van der Waals surface area contributed by atoms with Gasteiger partial charge in [-0.3, -0.25) is 5.10 Å². The van der Waals surface area contributed by atoms with Crippen LogP contribution in [0.3, 0.4) is 0 Å². The van der Waals surface area contributed by atoms with E-state index in [1.165, 1.54) is 11.3 Å². The SMILES string of the molecule is Clc1cccc(-c2n[nH]c3c2CN(c2ccc(-c4ccccc4)nn2)CC3)c1. The second-order valence-corrected chi connectivity index (χ2v) is 7.29. The zero-order valence-corrected chi connectivity index (χ0v) is 15.9. The number of hydrogen-bond donors (Lipinski definition) is 1. The van der Waals surface area contributed by atoms with Gasteiger partial charge in [0.2, 0.25) is 0 Å². The van der Waals surface area contributed by atoms with Crippen LogP contribution in [0.4, 0.5) is 5.82 Å². The molecular formula is C22H18ClN5. The van der Waals surface area contributed by atoms with Gasteiger partial charge in [-0.2, -0.15) is 5.10 Å². The Balaban J connectivity index is 1.42. The maximum Gasteiger partial charge on any atom is 0.151 e. The van der Waals surface area contributed by atoms with Gasteiger partial charge in [0, 0.05) is 46.9 Å². The molecule has 4 aromatic rings. The Kier molecular flexibility index (Phi) is 4.29. The van der Waals surface area contributed by atoms with Gasteiger partial charge in [0.25, 0.3) is 0 Å². The molecule has 1 aliphatic heterocycles. The molecule has 0 fully saturated rings. The molecule has 1 N–H and O–H groups in total. The Bertz CT molecular complexity index is 1110. The summed E-state index contributed by atoms with van der Waals surface area (Å²) in [4.78, 5) is 2.24. The fraction of sp³-hybridized carbons (Fsp3) is 0.136. The summed E-state index contributed by atoms with van der Waals surface area (Å²) in [6.07, 6.45) is 0.894. The first-order chi connectivity index (χ1) is 13.8. The number of halogens is 1. The smallest absolute Gasteiger partial charge is 0.151 e. The Morgan fingerprint density at radius 3 is 2.54 bits per heavy atom. The standard InChI is InChI=1S/C22H18ClN5/c23-17-8-4-7-16(13-17)22-18-14-28(12-11-20(18)25-27-22)21-10-9-19(24-26-21)15-5-2-1-3-6-15/h1-10,13H,11-12,14H2,(H,25,27). The minimum Gasteiger partial charge on any atom is -0.350 e. The Hall–Kier alpha value is -3.18. The van der Waals surface area contributed by atoms with Gasteiger partial charge >= 0.3 is 0 Å². The third kappa shape index (κ3) is 3.14. The van der Waals surface area contributed by atoms with Gasteiger partial charge in [-0.25, -0.2) is 0 Å². The van der Waals surface area contributed by atoms with Crippen LogP contribution in [0.25, 0.3) is 22.5 Å². The first kappa shape index (κ1) is 17.0. The van der Waals surface area contributed by atoms with Crippen molar-refractivity contribution in [3.05, 3.63) is 83.0 Å². The van der Waals surface area contributed by atoms with Crippen LogP contribution in [-0.4, -0.2) is 26.9 Å². The highest BCUT2D eigenvalue weighted by atomic mass is 35.5. The van der Waals surface area contributed by atoms with Crippen molar-refractivity contribution in [3.63, 3.8) is 0 Å². The van der Waals surface area contributed by atoms with Crippen molar-refractivity contribution in [2.24, 2.45) is 0 Å². The summed E-state index contributed by atoms with van der Waals surface area (Å²) in [5.41, 5.74) is 6.31. The van der Waals surface area contributed by atoms with E-state index in [1.807, 2.05) is 66.7 Å². The molecule has 2 aromatic heterocycles. The molecule has 5 rings (SSSR count). The van der Waals surface area contributed by atoms with Gasteiger partial charge in [-0.05, 0) is 24.3 Å². The quantitative estimate of drug-likeness (QED) is 0.551. The number of rotatable bonds is 3. The highest BCUT2D eigenvalue weighted by molar-refractivity contribution is 6.30. The summed E-state index contributed by atoms with van der Waals surface area (Å²) in [6, 6.07) is 22.0. The van der Waals surface area contributed by atoms with E-state index in [2.05, 4.69) is 25.3 Å². The lowest BCUT2D eigenvalue weighted by atomic mass is 10.0. The van der Waals surface area contributed by atoms with Gasteiger partial charge in [-0.15, -0.1) is 10.2 Å². The molecule has 138 valence electrons. The summed E-state index contributed by atoms with van der Waals surface area (Å²) >= 11 is 6.17. The number of nitrogens with one attached hydrogen (secondary N) is 1. The largest absolute Gasteiger partial charge is 0.350 e. The van der Waals surface area contributed by atoms with Crippen molar-refractivity contribution in [2.75, 3.05) is 11.4 Å². The van der Waals surface area contributed by atoms with Crippen molar-refractivity contribution in [2.45, 2.75) is 13.0 Å². The molecule has 3 heterocycles. The van der Waals surface area contributed by atoms with E-state index < -0.39 is 0 Å². The van der Waals surface area contributed by atoms with Gasteiger partial charge in [-0.1, -0.05) is 54.1 Å². The molecule has 6 heteroatoms. The van der Waals surface area contributed by atoms with Crippen LogP contribution in [0.1, 0.15) is 11.3 Å². The Labute approximate surface area is 168 Å². The number of H-pyrrole nitrogens is 1. The fourth-order valence-corrected chi connectivity index (χ4v) is 3.81. The van der Waals surface area contributed by atoms with Crippen LogP contribution in [0.5, 0.6) is 0 Å². The number of aromatic amines is 1. The Morgan fingerprint density at radius 1 is 0.893 bits per heavy atom. The molecule has 0 saturated carbocycles. The van der Waals surface area contributed by atoms with Crippen molar-refractivity contribution in [1.82, 2.24) is 20.4 Å². The summed E-state index contributed by atoms with van der Waals surface area (Å²) < 4.78 is 0. The molecule has 0 bridgehead atoms. The third-order valence-electron chi connectivity index (χ3n) is 5.08. The van der Waals surface area contributed by atoms with Crippen molar-refractivity contribution < 1.29 is 0 Å². The lowest BCUT2D eigenvalue weighted by molar-refractivity contribution is 0.704. The number of hydrogen-bond acceptors (Lipinski definition) is 4. The molecular weight excluding hydrogens is 370 g/mol. The number of anilines is 1. The number of aromatic nitrogens is 4. The zero-order valence-electron chi connectivity index (χ0n) is 15.1. The monoisotopic (exact) mass is 387 g/mol. The Morgan fingerprint density at radius 2 is 1.75 bits per heavy atom. The van der Waals surface area contributed by atoms with Crippen molar-refractivity contribution in [3.8, 4) is 22.5 Å². The minimum absolute atomic E-state index is 0.712. The summed E-state index contributed by atoms with van der Waals surface area (Å²) in [5.74, 6) is 0.878. The van der Waals surface area contributed by atoms with E-state index in [-0.39, 0.29) is 0 Å². The van der Waals surface area contributed by atoms with E-state index in [0.717, 1.165) is 47.8 Å². The minimum atomic E-state index is 0.712. The summed E-state index contributed by atoms with van der Waals surface area (Å²) in [7, 11) is 0. The maximum atomic E-state index is 6.17. The van der Waals surface area contributed by atoms with Crippen LogP contribution in [0, 0.1) is 0 Å². The maximum absolute atomic E-state index is 6.17. The first-order valence-corrected chi connectivity index (χ1v) is 9.62. The lowest BCUT2D eigenvalue weighted by Crippen LogP contribution is -2.31. The molecule has 0 saturated heterocycles. The van der Waals surface area contributed by atoms with E-state index in [1.54, 1.807) is 0 Å². The molecule has 0 unspecified atom stereocenters. The lowest BCUT2D eigenvalue weighted by Gasteiger charge is -2.27. The predicted molar refractivity (Wildman–Crippen MR) is 111 cm³/mol. The van der Waals surface area contributed by atoms with E-state index in [0.29, 0.717) is 5.02 Å². The number of fused-ring (bicyclic) bond motifs is 1. The van der Waals surface area contributed by atoms with Crippen LogP contribution in [0.15, 0.2) is 66.7 Å². The van der Waals surface area contributed by atoms with Gasteiger partial charge in [0.1, 0.15) is 0 Å². The average Bonchev–Trinajstić information content (AvgIpc) is 3.18. The van der Waals surface area contributed by atoms with Crippen molar-refractivity contribution in [1.29, 1.82) is 0 Å². The molecule has 1 aliphatic rings. The molecule has 5 nitrogen and oxygen atoms in total. The van der Waals surface area contributed by atoms with Gasteiger partial charge in [0.15, 0.2) is 5.82 Å². The third-order valence-corrected chi connectivity index (χ3v) is 5.31. The van der Waals surface area contributed by atoms with Crippen LogP contribution in [0.2, 0.25) is 5.02 Å². The summed E-state index contributed by atoms with van der Waals surface area (Å²) in [6.45, 7) is 1.62. The molecule has 0 amide bonds. The van der Waals surface area contributed by atoms with Crippen LogP contribution in [-0.2, 0) is 13.0 Å². The molecule has 2 aromatic carbocycles. The van der Waals surface area contributed by atoms with E-state index in [9.17, 15) is 0 Å². The predicted octanol–water partition coefficient (Wildman–Crippen LogP) is 4.75. The molecule has 0 atom stereocenters.